The number of carbonyl (C=O) groups is 1. The van der Waals surface area contributed by atoms with E-state index in [0.717, 1.165) is 62.5 Å². The van der Waals surface area contributed by atoms with Gasteiger partial charge < -0.3 is 19.2 Å². The van der Waals surface area contributed by atoms with Crippen LogP contribution in [0.1, 0.15) is 29.7 Å². The van der Waals surface area contributed by atoms with Crippen molar-refractivity contribution in [2.24, 2.45) is 5.92 Å². The molecule has 2 aromatic heterocycles. The lowest BCUT2D eigenvalue weighted by molar-refractivity contribution is -0.136. The molecule has 0 N–H and O–H groups in total. The Morgan fingerprint density at radius 1 is 1.03 bits per heavy atom. The van der Waals surface area contributed by atoms with Crippen molar-refractivity contribution in [1.29, 1.82) is 0 Å². The van der Waals surface area contributed by atoms with Gasteiger partial charge >= 0.3 is 0 Å². The van der Waals surface area contributed by atoms with Crippen molar-refractivity contribution in [3.8, 4) is 0 Å². The molecule has 0 saturated carbocycles. The topological polar surface area (TPSA) is 78.6 Å². The molecule has 1 atom stereocenters. The molecule has 1 aromatic carbocycles. The van der Waals surface area contributed by atoms with E-state index in [1.165, 1.54) is 23.1 Å². The summed E-state index contributed by atoms with van der Waals surface area (Å²) in [5.41, 5.74) is 5.22. The first kappa shape index (κ1) is 20.7. The number of rotatable bonds is 3. The summed E-state index contributed by atoms with van der Waals surface area (Å²) < 4.78 is 5.30. The zero-order chi connectivity index (χ0) is 22.2. The second kappa shape index (κ2) is 8.41. The molecule has 0 bridgehead atoms. The summed E-state index contributed by atoms with van der Waals surface area (Å²) in [4.78, 5) is 28.7. The van der Waals surface area contributed by atoms with Gasteiger partial charge in [0, 0.05) is 45.0 Å². The Hall–Kier alpha value is -3.16. The molecular weight excluding hydrogens is 404 g/mol. The highest BCUT2D eigenvalue weighted by Gasteiger charge is 2.32. The summed E-state index contributed by atoms with van der Waals surface area (Å²) in [5.74, 6) is 1.08. The van der Waals surface area contributed by atoms with Crippen molar-refractivity contribution in [3.05, 3.63) is 41.3 Å². The van der Waals surface area contributed by atoms with Crippen molar-refractivity contribution in [1.82, 2.24) is 20.0 Å². The summed E-state index contributed by atoms with van der Waals surface area (Å²) in [7, 11) is 0. The van der Waals surface area contributed by atoms with Crippen LogP contribution in [0.5, 0.6) is 0 Å². The van der Waals surface area contributed by atoms with Crippen LogP contribution in [0.2, 0.25) is 0 Å². The van der Waals surface area contributed by atoms with Gasteiger partial charge in [-0.1, -0.05) is 17.3 Å². The summed E-state index contributed by atoms with van der Waals surface area (Å²) in [6.07, 6.45) is 3.40. The number of anilines is 2. The van der Waals surface area contributed by atoms with Gasteiger partial charge in [-0.25, -0.2) is 4.98 Å². The zero-order valence-corrected chi connectivity index (χ0v) is 19.0. The molecule has 32 heavy (non-hydrogen) atoms. The third-order valence-electron chi connectivity index (χ3n) is 7.00. The molecule has 0 spiro atoms. The van der Waals surface area contributed by atoms with Gasteiger partial charge in [-0.05, 0) is 50.8 Å². The van der Waals surface area contributed by atoms with Gasteiger partial charge in [0.25, 0.3) is 5.71 Å². The van der Waals surface area contributed by atoms with Gasteiger partial charge in [0.1, 0.15) is 17.5 Å². The third-order valence-corrected chi connectivity index (χ3v) is 7.00. The second-order valence-corrected chi connectivity index (χ2v) is 8.96. The van der Waals surface area contributed by atoms with Crippen LogP contribution >= 0.6 is 0 Å². The number of benzene rings is 1. The van der Waals surface area contributed by atoms with Gasteiger partial charge in [0.15, 0.2) is 0 Å². The van der Waals surface area contributed by atoms with E-state index >= 15 is 0 Å². The van der Waals surface area contributed by atoms with Crippen molar-refractivity contribution >= 4 is 28.5 Å². The maximum absolute atomic E-state index is 13.4. The van der Waals surface area contributed by atoms with Crippen molar-refractivity contribution in [2.75, 3.05) is 49.1 Å². The Kier molecular flexibility index (Phi) is 5.45. The number of piperidine rings is 1. The molecule has 3 aromatic rings. The van der Waals surface area contributed by atoms with E-state index in [-0.39, 0.29) is 11.8 Å². The minimum atomic E-state index is -0.0128. The lowest BCUT2D eigenvalue weighted by atomic mass is 9.96. The Balaban J connectivity index is 1.26. The molecule has 0 aliphatic carbocycles. The van der Waals surface area contributed by atoms with Gasteiger partial charge in [-0.2, -0.15) is 4.98 Å². The van der Waals surface area contributed by atoms with Crippen molar-refractivity contribution in [3.63, 3.8) is 0 Å². The quantitative estimate of drug-likeness (QED) is 0.627. The van der Waals surface area contributed by atoms with Crippen LogP contribution in [-0.4, -0.2) is 65.2 Å². The standard InChI is InChI=1S/C24H30N6O2/c1-16-6-4-8-20(17(16)2)28-10-12-29(13-11-28)24(31)19-7-5-9-30(14-19)22-21-18(3)27-32-23(21)26-15-25-22/h4,6,8,15,19H,5,7,9-14H2,1-3H3/t19-/m0/s1. The van der Waals surface area contributed by atoms with Crippen LogP contribution in [-0.2, 0) is 4.79 Å². The van der Waals surface area contributed by atoms with Crippen LogP contribution in [0.25, 0.3) is 11.1 Å². The molecule has 8 heteroatoms. The van der Waals surface area contributed by atoms with Crippen molar-refractivity contribution < 1.29 is 9.32 Å². The normalized spacial score (nSPS) is 19.6. The predicted octanol–water partition coefficient (Wildman–Crippen LogP) is 3.11. The molecule has 1 amide bonds. The zero-order valence-electron chi connectivity index (χ0n) is 19.0. The van der Waals surface area contributed by atoms with E-state index in [9.17, 15) is 4.79 Å². The predicted molar refractivity (Wildman–Crippen MR) is 124 cm³/mol. The second-order valence-electron chi connectivity index (χ2n) is 8.96. The molecule has 2 fully saturated rings. The molecular formula is C24H30N6O2. The number of fused-ring (bicyclic) bond motifs is 1. The highest BCUT2D eigenvalue weighted by atomic mass is 16.5. The first-order valence-corrected chi connectivity index (χ1v) is 11.4. The number of piperazine rings is 1. The monoisotopic (exact) mass is 434 g/mol. The largest absolute Gasteiger partial charge is 0.368 e. The van der Waals surface area contributed by atoms with Crippen LogP contribution in [0.3, 0.4) is 0 Å². The first-order chi connectivity index (χ1) is 15.5. The fourth-order valence-corrected chi connectivity index (χ4v) is 5.02. The van der Waals surface area contributed by atoms with Crippen LogP contribution in [0.4, 0.5) is 11.5 Å². The average molecular weight is 435 g/mol. The van der Waals surface area contributed by atoms with Gasteiger partial charge in [0.05, 0.1) is 11.6 Å². The van der Waals surface area contributed by atoms with E-state index in [4.69, 9.17) is 4.52 Å². The minimum absolute atomic E-state index is 0.0128. The minimum Gasteiger partial charge on any atom is -0.368 e. The van der Waals surface area contributed by atoms with Gasteiger partial charge in [-0.15, -0.1) is 0 Å². The molecule has 2 aliphatic heterocycles. The summed E-state index contributed by atoms with van der Waals surface area (Å²) in [6.45, 7) is 11.1. The van der Waals surface area contributed by atoms with Crippen molar-refractivity contribution in [2.45, 2.75) is 33.6 Å². The summed E-state index contributed by atoms with van der Waals surface area (Å²) in [5, 5.41) is 4.89. The number of amides is 1. The van der Waals surface area contributed by atoms with E-state index in [0.29, 0.717) is 12.3 Å². The molecule has 0 radical (unpaired) electrons. The Labute approximate surface area is 188 Å². The fraction of sp³-hybridized carbons (Fsp3) is 0.500. The van der Waals surface area contributed by atoms with Gasteiger partial charge in [-0.3, -0.25) is 4.79 Å². The maximum atomic E-state index is 13.4. The van der Waals surface area contributed by atoms with E-state index < -0.39 is 0 Å². The Morgan fingerprint density at radius 2 is 1.84 bits per heavy atom. The number of hydrogen-bond donors (Lipinski definition) is 0. The molecule has 0 unspecified atom stereocenters. The van der Waals surface area contributed by atoms with E-state index in [1.54, 1.807) is 0 Å². The number of aryl methyl sites for hydroxylation is 2. The number of hydrogen-bond acceptors (Lipinski definition) is 7. The Bertz CT molecular complexity index is 1130. The molecule has 4 heterocycles. The molecule has 2 aliphatic rings. The van der Waals surface area contributed by atoms with Gasteiger partial charge in [0.2, 0.25) is 5.91 Å². The lowest BCUT2D eigenvalue weighted by Gasteiger charge is -2.40. The van der Waals surface area contributed by atoms with E-state index in [1.807, 2.05) is 6.92 Å². The molecule has 168 valence electrons. The number of aromatic nitrogens is 3. The molecule has 8 nitrogen and oxygen atoms in total. The van der Waals surface area contributed by atoms with Crippen LogP contribution in [0, 0.1) is 26.7 Å². The Morgan fingerprint density at radius 3 is 2.66 bits per heavy atom. The molecule has 5 rings (SSSR count). The fourth-order valence-electron chi connectivity index (χ4n) is 5.02. The third kappa shape index (κ3) is 3.67. The SMILES string of the molecule is Cc1cccc(N2CCN(C(=O)[C@H]3CCCN(c4ncnc5onc(C)c45)C3)CC2)c1C. The number of carbonyl (C=O) groups excluding carboxylic acids is 1. The van der Waals surface area contributed by atoms with E-state index in [2.05, 4.69) is 61.9 Å². The first-order valence-electron chi connectivity index (χ1n) is 11.4. The lowest BCUT2D eigenvalue weighted by Crippen LogP contribution is -2.52. The maximum Gasteiger partial charge on any atom is 0.263 e. The van der Waals surface area contributed by atoms with Crippen LogP contribution in [0.15, 0.2) is 29.0 Å². The van der Waals surface area contributed by atoms with Crippen LogP contribution < -0.4 is 9.80 Å². The number of nitrogens with zero attached hydrogens (tertiary/aromatic N) is 6. The highest BCUT2D eigenvalue weighted by Crippen LogP contribution is 2.30. The highest BCUT2D eigenvalue weighted by molar-refractivity contribution is 5.88. The smallest absolute Gasteiger partial charge is 0.263 e. The summed E-state index contributed by atoms with van der Waals surface area (Å²) >= 11 is 0. The molecule has 2 saturated heterocycles. The summed E-state index contributed by atoms with van der Waals surface area (Å²) in [6, 6.07) is 6.46. The average Bonchev–Trinajstić information content (AvgIpc) is 3.22.